The molecule has 1 heterocycles. The Morgan fingerprint density at radius 2 is 2.06 bits per heavy atom. The maximum absolute atomic E-state index is 12.0. The van der Waals surface area contributed by atoms with Gasteiger partial charge in [0.2, 0.25) is 0 Å². The van der Waals surface area contributed by atoms with Gasteiger partial charge in [0, 0.05) is 31.2 Å². The monoisotopic (exact) mass is 464 g/mol. The second-order valence-electron chi connectivity index (χ2n) is 11.3. The van der Waals surface area contributed by atoms with Crippen LogP contribution in [-0.2, 0) is 6.42 Å². The lowest BCUT2D eigenvalue weighted by molar-refractivity contribution is -0.0854. The Kier molecular flexibility index (Phi) is 6.01. The zero-order valence-corrected chi connectivity index (χ0v) is 20.6. The highest BCUT2D eigenvalue weighted by Crippen LogP contribution is 2.62. The van der Waals surface area contributed by atoms with Crippen molar-refractivity contribution in [3.05, 3.63) is 48.2 Å². The maximum atomic E-state index is 12.0. The van der Waals surface area contributed by atoms with Gasteiger partial charge in [0.15, 0.2) is 5.96 Å². The molecular weight excluding hydrogens is 424 g/mol. The second-order valence-corrected chi connectivity index (χ2v) is 11.3. The third kappa shape index (κ3) is 3.95. The molecule has 4 aliphatic rings. The van der Waals surface area contributed by atoms with E-state index in [2.05, 4.69) is 52.2 Å². The fourth-order valence-electron chi connectivity index (χ4n) is 7.79. The van der Waals surface area contributed by atoms with E-state index in [9.17, 15) is 10.2 Å². The highest BCUT2D eigenvalue weighted by molar-refractivity contribution is 5.80. The number of aromatic nitrogens is 1. The number of nitrogens with two attached hydrogens (primary N) is 1. The predicted octanol–water partition coefficient (Wildman–Crippen LogP) is 3.75. The summed E-state index contributed by atoms with van der Waals surface area (Å²) in [6, 6.07) is 10.6. The van der Waals surface area contributed by atoms with E-state index in [1.807, 2.05) is 6.92 Å². The standard InChI is InChI=1S/C28H40N4O2/c1-17(14-20-15-18-6-4-5-7-24(18)32-20)22-16-19-8-9-21(22)25-23(27(19,2)33)10-11-28(25,34)12-13-31-26(29)30-3/h4-7,15,19,21-23,25,32-34H,1,8-14,16H2,2-3H3,(H3,29,30,31)/t19-,21+,22-,23+,25+,27-,28-/m1/s1. The van der Waals surface area contributed by atoms with Crippen molar-refractivity contribution in [2.45, 2.75) is 63.1 Å². The van der Waals surface area contributed by atoms with Crippen molar-refractivity contribution in [2.24, 2.45) is 40.3 Å². The van der Waals surface area contributed by atoms with Crippen molar-refractivity contribution >= 4 is 16.9 Å². The molecular formula is C28H40N4O2. The molecule has 1 aromatic carbocycles. The Bertz CT molecular complexity index is 1060. The van der Waals surface area contributed by atoms with Gasteiger partial charge in [0.25, 0.3) is 0 Å². The quantitative estimate of drug-likeness (QED) is 0.255. The zero-order valence-electron chi connectivity index (χ0n) is 20.6. The minimum Gasteiger partial charge on any atom is -0.390 e. The Morgan fingerprint density at radius 3 is 2.82 bits per heavy atom. The zero-order chi connectivity index (χ0) is 24.1. The fourth-order valence-corrected chi connectivity index (χ4v) is 7.79. The second kappa shape index (κ2) is 8.72. The van der Waals surface area contributed by atoms with Gasteiger partial charge in [-0.1, -0.05) is 30.4 Å². The number of nitrogens with zero attached hydrogens (tertiary/aromatic N) is 1. The number of guanidine groups is 1. The first-order valence-corrected chi connectivity index (χ1v) is 12.9. The molecule has 6 rings (SSSR count). The van der Waals surface area contributed by atoms with Crippen molar-refractivity contribution in [1.29, 1.82) is 0 Å². The van der Waals surface area contributed by atoms with Gasteiger partial charge in [-0.2, -0.15) is 0 Å². The third-order valence-corrected chi connectivity index (χ3v) is 9.52. The number of para-hydroxylation sites is 1. The van der Waals surface area contributed by atoms with E-state index in [0.717, 1.165) is 44.0 Å². The molecule has 7 atom stereocenters. The number of nitrogens with one attached hydrogen (secondary N) is 2. The summed E-state index contributed by atoms with van der Waals surface area (Å²) in [4.78, 5) is 7.53. The van der Waals surface area contributed by atoms with E-state index in [4.69, 9.17) is 5.73 Å². The highest BCUT2D eigenvalue weighted by atomic mass is 16.3. The number of benzene rings is 1. The van der Waals surface area contributed by atoms with Crippen LogP contribution in [0.25, 0.3) is 10.9 Å². The van der Waals surface area contributed by atoms with E-state index >= 15 is 0 Å². The van der Waals surface area contributed by atoms with Crippen LogP contribution in [-0.4, -0.2) is 46.0 Å². The summed E-state index contributed by atoms with van der Waals surface area (Å²) in [5, 5.41) is 28.1. The summed E-state index contributed by atoms with van der Waals surface area (Å²) in [6.45, 7) is 7.20. The van der Waals surface area contributed by atoms with Crippen LogP contribution in [0.4, 0.5) is 0 Å². The molecule has 2 aromatic rings. The van der Waals surface area contributed by atoms with E-state index in [1.165, 1.54) is 16.7 Å². The number of aliphatic imine (C=N–C) groups is 1. The molecule has 0 aliphatic heterocycles. The van der Waals surface area contributed by atoms with Crippen LogP contribution in [0.15, 0.2) is 47.5 Å². The van der Waals surface area contributed by atoms with Crippen LogP contribution in [0.1, 0.15) is 51.1 Å². The molecule has 4 aliphatic carbocycles. The number of hydrogen-bond donors (Lipinski definition) is 5. The minimum atomic E-state index is -0.806. The van der Waals surface area contributed by atoms with E-state index in [0.29, 0.717) is 30.8 Å². The number of fused-ring (bicyclic) bond motifs is 3. The molecule has 184 valence electrons. The molecule has 0 unspecified atom stereocenters. The molecule has 1 aromatic heterocycles. The van der Waals surface area contributed by atoms with Gasteiger partial charge in [0.05, 0.1) is 11.2 Å². The van der Waals surface area contributed by atoms with Crippen LogP contribution in [0, 0.1) is 29.6 Å². The first-order valence-electron chi connectivity index (χ1n) is 12.9. The van der Waals surface area contributed by atoms with Crippen molar-refractivity contribution in [2.75, 3.05) is 13.6 Å². The van der Waals surface area contributed by atoms with Crippen molar-refractivity contribution in [3.8, 4) is 0 Å². The van der Waals surface area contributed by atoms with Gasteiger partial charge in [0.1, 0.15) is 0 Å². The number of allylic oxidation sites excluding steroid dienone is 1. The number of rotatable bonds is 6. The summed E-state index contributed by atoms with van der Waals surface area (Å²) >= 11 is 0. The van der Waals surface area contributed by atoms with Crippen LogP contribution in [0.2, 0.25) is 0 Å². The Labute approximate surface area is 202 Å². The molecule has 2 bridgehead atoms. The van der Waals surface area contributed by atoms with Crippen LogP contribution in [0.5, 0.6) is 0 Å². The molecule has 0 amide bonds. The van der Waals surface area contributed by atoms with Crippen LogP contribution >= 0.6 is 0 Å². The third-order valence-electron chi connectivity index (χ3n) is 9.52. The Balaban J connectivity index is 1.40. The largest absolute Gasteiger partial charge is 0.390 e. The first-order chi connectivity index (χ1) is 16.2. The van der Waals surface area contributed by atoms with Crippen molar-refractivity contribution in [1.82, 2.24) is 10.3 Å². The molecule has 6 N–H and O–H groups in total. The topological polar surface area (TPSA) is 107 Å². The summed E-state index contributed by atoms with van der Waals surface area (Å²) in [7, 11) is 1.66. The summed E-state index contributed by atoms with van der Waals surface area (Å²) in [6.07, 6.45) is 6.08. The summed E-state index contributed by atoms with van der Waals surface area (Å²) in [5.41, 5.74) is 7.84. The lowest BCUT2D eigenvalue weighted by atomic mass is 9.65. The smallest absolute Gasteiger partial charge is 0.188 e. The lowest BCUT2D eigenvalue weighted by Crippen LogP contribution is -2.47. The van der Waals surface area contributed by atoms with Gasteiger partial charge in [-0.15, -0.1) is 0 Å². The van der Waals surface area contributed by atoms with Gasteiger partial charge >= 0.3 is 0 Å². The van der Waals surface area contributed by atoms with Gasteiger partial charge in [-0.3, -0.25) is 4.99 Å². The highest BCUT2D eigenvalue weighted by Gasteiger charge is 2.62. The summed E-state index contributed by atoms with van der Waals surface area (Å²) in [5.74, 6) is 1.51. The summed E-state index contributed by atoms with van der Waals surface area (Å²) < 4.78 is 0. The number of hydrogen-bond acceptors (Lipinski definition) is 3. The maximum Gasteiger partial charge on any atom is 0.188 e. The molecule has 0 saturated heterocycles. The van der Waals surface area contributed by atoms with Gasteiger partial charge < -0.3 is 26.2 Å². The van der Waals surface area contributed by atoms with Crippen LogP contribution in [0.3, 0.4) is 0 Å². The van der Waals surface area contributed by atoms with Gasteiger partial charge in [-0.25, -0.2) is 0 Å². The molecule has 4 saturated carbocycles. The lowest BCUT2D eigenvalue weighted by Gasteiger charge is -2.42. The average Bonchev–Trinajstić information content (AvgIpc) is 3.33. The van der Waals surface area contributed by atoms with E-state index in [-0.39, 0.29) is 17.8 Å². The molecule has 0 spiro atoms. The number of aliphatic hydroxyl groups is 2. The average molecular weight is 465 g/mol. The Morgan fingerprint density at radius 1 is 1.26 bits per heavy atom. The first kappa shape index (κ1) is 23.4. The minimum absolute atomic E-state index is 0.0704. The fraction of sp³-hybridized carbons (Fsp3) is 0.607. The van der Waals surface area contributed by atoms with E-state index in [1.54, 1.807) is 7.05 Å². The molecule has 34 heavy (non-hydrogen) atoms. The molecule has 0 radical (unpaired) electrons. The molecule has 6 nitrogen and oxygen atoms in total. The van der Waals surface area contributed by atoms with Crippen molar-refractivity contribution in [3.63, 3.8) is 0 Å². The van der Waals surface area contributed by atoms with Crippen LogP contribution < -0.4 is 11.1 Å². The molecule has 6 heteroatoms. The number of H-pyrrole nitrogens is 1. The SMILES string of the molecule is C=C(Cc1cc2ccccc2[nH]1)[C@H]1C[C@H]2CC[C@@H]1[C@H]1[C@H](CC[C@@]1(O)CCNC(N)=NC)[C@]2(C)O. The normalized spacial score (nSPS) is 37.5. The van der Waals surface area contributed by atoms with Gasteiger partial charge in [-0.05, 0) is 92.6 Å². The van der Waals surface area contributed by atoms with Crippen molar-refractivity contribution < 1.29 is 10.2 Å². The predicted molar refractivity (Wildman–Crippen MR) is 137 cm³/mol. The number of aromatic amines is 1. The Hall–Kier alpha value is -2.31. The molecule has 4 fully saturated rings. The van der Waals surface area contributed by atoms with E-state index < -0.39 is 11.2 Å².